The summed E-state index contributed by atoms with van der Waals surface area (Å²) in [5, 5.41) is 10.9. The number of epoxide rings is 1. The van der Waals surface area contributed by atoms with Gasteiger partial charge in [0.1, 0.15) is 6.10 Å². The zero-order chi connectivity index (χ0) is 22.8. The third-order valence-electron chi connectivity index (χ3n) is 9.33. The first-order valence-corrected chi connectivity index (χ1v) is 12.4. The maximum absolute atomic E-state index is 12.9. The summed E-state index contributed by atoms with van der Waals surface area (Å²) < 4.78 is 12.0. The number of hydrogen-bond donors (Lipinski definition) is 0. The van der Waals surface area contributed by atoms with Crippen molar-refractivity contribution in [1.82, 2.24) is 4.90 Å². The van der Waals surface area contributed by atoms with Crippen LogP contribution in [-0.2, 0) is 14.3 Å². The number of nitro benzene ring substituents is 1. The van der Waals surface area contributed by atoms with Gasteiger partial charge in [0.25, 0.3) is 5.69 Å². The van der Waals surface area contributed by atoms with E-state index < -0.39 is 0 Å². The molecule has 6 atom stereocenters. The van der Waals surface area contributed by atoms with Gasteiger partial charge in [0, 0.05) is 56.5 Å². The molecule has 0 aromatic heterocycles. The Bertz CT molecular complexity index is 940. The highest BCUT2D eigenvalue weighted by Crippen LogP contribution is 2.62. The SMILES string of the molecule is C[C@@]12CCC[C@@]3(CO3)[C@@H]1C[C@@H]1[C@@H](C2)OC(=O)[C@@H]1CN1CCN(c2ccc([N+](=O)[O-])cc2)CC1. The summed E-state index contributed by atoms with van der Waals surface area (Å²) in [5.74, 6) is 0.817. The quantitative estimate of drug-likeness (QED) is 0.298. The average molecular weight is 456 g/mol. The maximum Gasteiger partial charge on any atom is 0.310 e. The lowest BCUT2D eigenvalue weighted by Gasteiger charge is -2.51. The van der Waals surface area contributed by atoms with Crippen LogP contribution in [0.5, 0.6) is 0 Å². The van der Waals surface area contributed by atoms with Gasteiger partial charge in [-0.1, -0.05) is 6.92 Å². The normalized spacial score (nSPS) is 40.3. The molecule has 2 saturated carbocycles. The number of nitrogens with zero attached hydrogens (tertiary/aromatic N) is 3. The number of carbonyl (C=O) groups excluding carboxylic acids is 1. The van der Waals surface area contributed by atoms with Crippen LogP contribution in [0.1, 0.15) is 39.0 Å². The van der Waals surface area contributed by atoms with Gasteiger partial charge in [0.2, 0.25) is 0 Å². The number of carbonyl (C=O) groups is 1. The molecule has 3 heterocycles. The maximum atomic E-state index is 12.9. The van der Waals surface area contributed by atoms with Gasteiger partial charge < -0.3 is 14.4 Å². The smallest absolute Gasteiger partial charge is 0.310 e. The number of anilines is 1. The fourth-order valence-electron chi connectivity index (χ4n) is 7.42. The molecule has 6 rings (SSSR count). The largest absolute Gasteiger partial charge is 0.462 e. The lowest BCUT2D eigenvalue weighted by atomic mass is 9.53. The summed E-state index contributed by atoms with van der Waals surface area (Å²) in [6, 6.07) is 6.78. The lowest BCUT2D eigenvalue weighted by Crippen LogP contribution is -2.52. The molecule has 5 aliphatic rings. The van der Waals surface area contributed by atoms with Crippen LogP contribution < -0.4 is 4.90 Å². The number of hydrogen-bond acceptors (Lipinski definition) is 7. The van der Waals surface area contributed by atoms with E-state index in [0.29, 0.717) is 11.8 Å². The molecular weight excluding hydrogens is 422 g/mol. The number of ether oxygens (including phenoxy) is 2. The van der Waals surface area contributed by atoms with Crippen LogP contribution in [-0.4, -0.2) is 66.8 Å². The molecule has 8 nitrogen and oxygen atoms in total. The summed E-state index contributed by atoms with van der Waals surface area (Å²) in [5.41, 5.74) is 1.46. The van der Waals surface area contributed by atoms with Gasteiger partial charge >= 0.3 is 5.97 Å². The molecule has 8 heteroatoms. The predicted octanol–water partition coefficient (Wildman–Crippen LogP) is 3.24. The van der Waals surface area contributed by atoms with Crippen molar-refractivity contribution in [2.24, 2.45) is 23.2 Å². The molecular formula is C25H33N3O5. The summed E-state index contributed by atoms with van der Waals surface area (Å²) >= 11 is 0. The fraction of sp³-hybridized carbons (Fsp3) is 0.720. The van der Waals surface area contributed by atoms with Gasteiger partial charge in [0.15, 0.2) is 0 Å². The lowest BCUT2D eigenvalue weighted by molar-refractivity contribution is -0.384. The van der Waals surface area contributed by atoms with E-state index in [1.807, 2.05) is 12.1 Å². The van der Waals surface area contributed by atoms with E-state index >= 15 is 0 Å². The van der Waals surface area contributed by atoms with Crippen LogP contribution in [0.15, 0.2) is 24.3 Å². The second kappa shape index (κ2) is 7.67. The fourth-order valence-corrected chi connectivity index (χ4v) is 7.42. The minimum Gasteiger partial charge on any atom is -0.462 e. The van der Waals surface area contributed by atoms with Crippen LogP contribution in [0.3, 0.4) is 0 Å². The van der Waals surface area contributed by atoms with E-state index in [1.54, 1.807) is 12.1 Å². The number of nitro groups is 1. The van der Waals surface area contributed by atoms with Crippen LogP contribution in [0.25, 0.3) is 0 Å². The van der Waals surface area contributed by atoms with E-state index in [0.717, 1.165) is 57.9 Å². The molecule has 1 spiro atoms. The third-order valence-corrected chi connectivity index (χ3v) is 9.33. The number of benzene rings is 1. The zero-order valence-electron chi connectivity index (χ0n) is 19.3. The number of fused-ring (bicyclic) bond motifs is 3. The second-order valence-electron chi connectivity index (χ2n) is 11.2. The molecule has 0 N–H and O–H groups in total. The van der Waals surface area contributed by atoms with E-state index in [2.05, 4.69) is 16.7 Å². The molecule has 0 bridgehead atoms. The number of rotatable bonds is 4. The second-order valence-corrected chi connectivity index (χ2v) is 11.2. The molecule has 33 heavy (non-hydrogen) atoms. The van der Waals surface area contributed by atoms with Crippen molar-refractivity contribution in [3.8, 4) is 0 Å². The molecule has 2 aliphatic carbocycles. The Morgan fingerprint density at radius 3 is 2.55 bits per heavy atom. The first kappa shape index (κ1) is 21.4. The number of non-ortho nitro benzene ring substituents is 1. The highest BCUT2D eigenvalue weighted by Gasteiger charge is 2.65. The van der Waals surface area contributed by atoms with Gasteiger partial charge in [-0.15, -0.1) is 0 Å². The Hall–Kier alpha value is -2.19. The molecule has 5 fully saturated rings. The molecule has 1 aromatic carbocycles. The summed E-state index contributed by atoms with van der Waals surface area (Å²) in [6.07, 6.45) is 5.73. The molecule has 3 aliphatic heterocycles. The van der Waals surface area contributed by atoms with Crippen LogP contribution >= 0.6 is 0 Å². The minimum atomic E-state index is -0.367. The van der Waals surface area contributed by atoms with Crippen molar-refractivity contribution >= 4 is 17.3 Å². The highest BCUT2D eigenvalue weighted by molar-refractivity contribution is 5.75. The molecule has 3 saturated heterocycles. The van der Waals surface area contributed by atoms with Gasteiger partial charge in [-0.05, 0) is 55.6 Å². The standard InChI is InChI=1S/C25H33N3O5/c1-24-7-2-8-25(16-32-25)22(24)13-19-20(23(29)33-21(19)14-24)15-26-9-11-27(12-10-26)17-3-5-18(6-4-17)28(30)31/h3-6,19-22H,2,7-16H2,1H3/t19-,20+,21+,22+,24-,25+/m0/s1. The highest BCUT2D eigenvalue weighted by atomic mass is 16.6. The van der Waals surface area contributed by atoms with Crippen molar-refractivity contribution in [3.05, 3.63) is 34.4 Å². The minimum absolute atomic E-state index is 0.00388. The zero-order valence-corrected chi connectivity index (χ0v) is 19.3. The Balaban J connectivity index is 1.09. The van der Waals surface area contributed by atoms with Crippen molar-refractivity contribution in [1.29, 1.82) is 0 Å². The summed E-state index contributed by atoms with van der Waals surface area (Å²) in [7, 11) is 0. The van der Waals surface area contributed by atoms with Crippen molar-refractivity contribution < 1.29 is 19.2 Å². The monoisotopic (exact) mass is 455 g/mol. The van der Waals surface area contributed by atoms with E-state index in [4.69, 9.17) is 9.47 Å². The van der Waals surface area contributed by atoms with Crippen molar-refractivity contribution in [2.75, 3.05) is 44.2 Å². The van der Waals surface area contributed by atoms with Gasteiger partial charge in [-0.2, -0.15) is 0 Å². The van der Waals surface area contributed by atoms with E-state index in [9.17, 15) is 14.9 Å². The van der Waals surface area contributed by atoms with Crippen molar-refractivity contribution in [2.45, 2.75) is 50.7 Å². The van der Waals surface area contributed by atoms with Gasteiger partial charge in [-0.25, -0.2) is 0 Å². The van der Waals surface area contributed by atoms with E-state index in [1.165, 1.54) is 19.3 Å². The third kappa shape index (κ3) is 3.62. The molecule has 1 aromatic rings. The Labute approximate surface area is 194 Å². The van der Waals surface area contributed by atoms with Gasteiger partial charge in [0.05, 0.1) is 23.0 Å². The molecule has 0 amide bonds. The first-order chi connectivity index (χ1) is 15.9. The number of esters is 1. The van der Waals surface area contributed by atoms with Crippen molar-refractivity contribution in [3.63, 3.8) is 0 Å². The predicted molar refractivity (Wildman–Crippen MR) is 122 cm³/mol. The Morgan fingerprint density at radius 1 is 1.15 bits per heavy atom. The summed E-state index contributed by atoms with van der Waals surface area (Å²) in [6.45, 7) is 7.53. The van der Waals surface area contributed by atoms with Crippen LogP contribution in [0.2, 0.25) is 0 Å². The number of piperazine rings is 1. The summed E-state index contributed by atoms with van der Waals surface area (Å²) in [4.78, 5) is 28.1. The average Bonchev–Trinajstić information content (AvgIpc) is 3.51. The van der Waals surface area contributed by atoms with Crippen LogP contribution in [0, 0.1) is 33.3 Å². The molecule has 178 valence electrons. The Morgan fingerprint density at radius 2 is 1.88 bits per heavy atom. The Kier molecular flexibility index (Phi) is 4.96. The molecule has 0 radical (unpaired) electrons. The topological polar surface area (TPSA) is 88.5 Å². The van der Waals surface area contributed by atoms with E-state index in [-0.39, 0.29) is 39.6 Å². The molecule has 0 unspecified atom stereocenters. The van der Waals surface area contributed by atoms with Crippen LogP contribution in [0.4, 0.5) is 11.4 Å². The first-order valence-electron chi connectivity index (χ1n) is 12.4. The van der Waals surface area contributed by atoms with Gasteiger partial charge in [-0.3, -0.25) is 19.8 Å².